The van der Waals surface area contributed by atoms with Gasteiger partial charge in [-0.2, -0.15) is 11.8 Å². The second-order valence-corrected chi connectivity index (χ2v) is 5.50. The van der Waals surface area contributed by atoms with Gasteiger partial charge >= 0.3 is 0 Å². The third-order valence-corrected chi connectivity index (χ3v) is 3.67. The summed E-state index contributed by atoms with van der Waals surface area (Å²) in [7, 11) is 1.89. The fraction of sp³-hybridized carbons (Fsp3) is 0.917. The topological polar surface area (TPSA) is 27.6 Å². The number of hydrogen-bond acceptors (Lipinski definition) is 2. The van der Waals surface area contributed by atoms with Crippen molar-refractivity contribution in [3.05, 3.63) is 0 Å². The number of aliphatic imine (C=N–C) groups is 1. The molecule has 0 amide bonds. The molecule has 1 N–H and O–H groups in total. The van der Waals surface area contributed by atoms with E-state index < -0.39 is 0 Å². The largest absolute Gasteiger partial charge is 0.356 e. The first kappa shape index (κ1) is 17.4. The minimum atomic E-state index is 0. The molecule has 1 aliphatic heterocycles. The molecule has 0 aromatic heterocycles. The third kappa shape index (κ3) is 6.74. The number of nitrogens with zero attached hydrogens (tertiary/aromatic N) is 2. The van der Waals surface area contributed by atoms with Crippen LogP contribution in [0.15, 0.2) is 4.99 Å². The first-order chi connectivity index (χ1) is 7.77. The molecule has 0 radical (unpaired) electrons. The highest BCUT2D eigenvalue weighted by Gasteiger charge is 2.18. The summed E-state index contributed by atoms with van der Waals surface area (Å²) < 4.78 is 0. The third-order valence-electron chi connectivity index (χ3n) is 2.98. The van der Waals surface area contributed by atoms with Crippen LogP contribution < -0.4 is 5.32 Å². The molecule has 3 nitrogen and oxygen atoms in total. The minimum absolute atomic E-state index is 0. The smallest absolute Gasteiger partial charge is 0.193 e. The van der Waals surface area contributed by atoms with Crippen molar-refractivity contribution >= 4 is 41.7 Å². The second kappa shape index (κ2) is 10.3. The zero-order valence-electron chi connectivity index (χ0n) is 11.2. The summed E-state index contributed by atoms with van der Waals surface area (Å²) >= 11 is 1.90. The Morgan fingerprint density at radius 2 is 2.29 bits per heavy atom. The molecule has 0 bridgehead atoms. The molecule has 17 heavy (non-hydrogen) atoms. The number of piperidine rings is 1. The zero-order valence-corrected chi connectivity index (χ0v) is 14.4. The Kier molecular flexibility index (Phi) is 10.5. The maximum Gasteiger partial charge on any atom is 0.193 e. The Morgan fingerprint density at radius 3 is 2.88 bits per heavy atom. The summed E-state index contributed by atoms with van der Waals surface area (Å²) in [5, 5.41) is 3.46. The van der Waals surface area contributed by atoms with Crippen LogP contribution in [0.3, 0.4) is 0 Å². The molecule has 0 aromatic rings. The maximum absolute atomic E-state index is 4.37. The van der Waals surface area contributed by atoms with E-state index in [1.54, 1.807) is 0 Å². The molecule has 1 heterocycles. The zero-order chi connectivity index (χ0) is 11.8. The van der Waals surface area contributed by atoms with Crippen LogP contribution in [0.2, 0.25) is 0 Å². The minimum Gasteiger partial charge on any atom is -0.356 e. The normalized spacial score (nSPS) is 21.0. The molecule has 1 rings (SSSR count). The molecule has 1 atom stereocenters. The van der Waals surface area contributed by atoms with E-state index in [9.17, 15) is 0 Å². The van der Waals surface area contributed by atoms with Crippen molar-refractivity contribution in [1.29, 1.82) is 0 Å². The van der Waals surface area contributed by atoms with Crippen LogP contribution in [-0.2, 0) is 0 Å². The lowest BCUT2D eigenvalue weighted by Crippen LogP contribution is -2.46. The Hall–Kier alpha value is 0.350. The lowest BCUT2D eigenvalue weighted by Gasteiger charge is -2.33. The van der Waals surface area contributed by atoms with E-state index in [4.69, 9.17) is 0 Å². The molecule has 1 saturated heterocycles. The van der Waals surface area contributed by atoms with Crippen LogP contribution in [0.1, 0.15) is 26.2 Å². The number of hydrogen-bond donors (Lipinski definition) is 1. The molecule has 0 aliphatic carbocycles. The number of guanidine groups is 1. The van der Waals surface area contributed by atoms with Crippen molar-refractivity contribution in [3.8, 4) is 0 Å². The van der Waals surface area contributed by atoms with Crippen LogP contribution in [0.25, 0.3) is 0 Å². The number of thioether (sulfide) groups is 1. The van der Waals surface area contributed by atoms with E-state index in [2.05, 4.69) is 28.4 Å². The van der Waals surface area contributed by atoms with Gasteiger partial charge in [0.2, 0.25) is 0 Å². The van der Waals surface area contributed by atoms with Gasteiger partial charge in [-0.1, -0.05) is 6.92 Å². The standard InChI is InChI=1S/C12H25N3S.HI/c1-11-6-4-8-15(10-11)12(13-2)14-7-5-9-16-3;/h11H,4-10H2,1-3H3,(H,13,14);1H. The molecule has 1 fully saturated rings. The molecular formula is C12H26IN3S. The summed E-state index contributed by atoms with van der Waals surface area (Å²) in [6, 6.07) is 0. The van der Waals surface area contributed by atoms with Gasteiger partial charge < -0.3 is 10.2 Å². The number of halogens is 1. The number of rotatable bonds is 4. The van der Waals surface area contributed by atoms with Crippen LogP contribution in [0, 0.1) is 5.92 Å². The molecule has 1 aliphatic rings. The van der Waals surface area contributed by atoms with Gasteiger partial charge in [0.15, 0.2) is 5.96 Å². The van der Waals surface area contributed by atoms with Crippen molar-refractivity contribution in [3.63, 3.8) is 0 Å². The monoisotopic (exact) mass is 371 g/mol. The van der Waals surface area contributed by atoms with Crippen LogP contribution in [-0.4, -0.2) is 49.6 Å². The van der Waals surface area contributed by atoms with E-state index in [1.807, 2.05) is 18.8 Å². The predicted octanol–water partition coefficient (Wildman–Crippen LogP) is 2.66. The second-order valence-electron chi connectivity index (χ2n) is 4.51. The highest BCUT2D eigenvalue weighted by molar-refractivity contribution is 14.0. The summed E-state index contributed by atoms with van der Waals surface area (Å²) in [6.45, 7) is 5.68. The van der Waals surface area contributed by atoms with Crippen molar-refractivity contribution in [2.45, 2.75) is 26.2 Å². The van der Waals surface area contributed by atoms with E-state index in [0.29, 0.717) is 0 Å². The van der Waals surface area contributed by atoms with E-state index in [1.165, 1.54) is 25.0 Å². The quantitative estimate of drug-likeness (QED) is 0.356. The van der Waals surface area contributed by atoms with Gasteiger partial charge in [0.25, 0.3) is 0 Å². The van der Waals surface area contributed by atoms with E-state index in [-0.39, 0.29) is 24.0 Å². The number of likely N-dealkylation sites (tertiary alicyclic amines) is 1. The lowest BCUT2D eigenvalue weighted by atomic mass is 10.0. The molecule has 102 valence electrons. The van der Waals surface area contributed by atoms with Gasteiger partial charge in [-0.3, -0.25) is 4.99 Å². The number of nitrogens with one attached hydrogen (secondary N) is 1. The SMILES string of the molecule is CN=C(NCCCSC)N1CCCC(C)C1.I. The predicted molar refractivity (Wildman–Crippen MR) is 89.7 cm³/mol. The molecule has 0 spiro atoms. The van der Waals surface area contributed by atoms with E-state index >= 15 is 0 Å². The average Bonchev–Trinajstić information content (AvgIpc) is 2.29. The first-order valence-electron chi connectivity index (χ1n) is 6.22. The Bertz CT molecular complexity index is 224. The van der Waals surface area contributed by atoms with Gasteiger partial charge in [0, 0.05) is 26.7 Å². The fourth-order valence-electron chi connectivity index (χ4n) is 2.13. The van der Waals surface area contributed by atoms with Crippen LogP contribution >= 0.6 is 35.7 Å². The van der Waals surface area contributed by atoms with Crippen molar-refractivity contribution < 1.29 is 0 Å². The van der Waals surface area contributed by atoms with E-state index in [0.717, 1.165) is 31.5 Å². The summed E-state index contributed by atoms with van der Waals surface area (Å²) in [4.78, 5) is 6.76. The van der Waals surface area contributed by atoms with Crippen molar-refractivity contribution in [1.82, 2.24) is 10.2 Å². The van der Waals surface area contributed by atoms with Crippen molar-refractivity contribution in [2.75, 3.05) is 38.7 Å². The first-order valence-corrected chi connectivity index (χ1v) is 7.62. The van der Waals surface area contributed by atoms with Gasteiger partial charge in [-0.15, -0.1) is 24.0 Å². The van der Waals surface area contributed by atoms with Crippen LogP contribution in [0.4, 0.5) is 0 Å². The summed E-state index contributed by atoms with van der Waals surface area (Å²) in [5.74, 6) is 3.12. The Balaban J connectivity index is 0.00000256. The Labute approximate surface area is 127 Å². The van der Waals surface area contributed by atoms with Gasteiger partial charge in [0.05, 0.1) is 0 Å². The molecular weight excluding hydrogens is 345 g/mol. The summed E-state index contributed by atoms with van der Waals surface area (Å²) in [5.41, 5.74) is 0. The highest BCUT2D eigenvalue weighted by atomic mass is 127. The molecule has 0 saturated carbocycles. The highest BCUT2D eigenvalue weighted by Crippen LogP contribution is 2.15. The molecule has 1 unspecified atom stereocenters. The fourth-order valence-corrected chi connectivity index (χ4v) is 2.56. The van der Waals surface area contributed by atoms with Crippen LogP contribution in [0.5, 0.6) is 0 Å². The summed E-state index contributed by atoms with van der Waals surface area (Å²) in [6.07, 6.45) is 6.03. The molecule has 0 aromatic carbocycles. The molecule has 5 heteroatoms. The van der Waals surface area contributed by atoms with Crippen molar-refractivity contribution in [2.24, 2.45) is 10.9 Å². The van der Waals surface area contributed by atoms with Gasteiger partial charge in [-0.25, -0.2) is 0 Å². The lowest BCUT2D eigenvalue weighted by molar-refractivity contribution is 0.266. The van der Waals surface area contributed by atoms with Gasteiger partial charge in [-0.05, 0) is 37.2 Å². The average molecular weight is 371 g/mol. The Morgan fingerprint density at radius 1 is 1.53 bits per heavy atom. The van der Waals surface area contributed by atoms with Gasteiger partial charge in [0.1, 0.15) is 0 Å². The maximum atomic E-state index is 4.37.